The Bertz CT molecular complexity index is 960. The average Bonchev–Trinajstić information content (AvgIpc) is 2.90. The number of nitrogens with one attached hydrogen (secondary N) is 4. The van der Waals surface area contributed by atoms with Crippen LogP contribution in [0.2, 0.25) is 0 Å². The lowest BCUT2D eigenvalue weighted by molar-refractivity contribution is -0.147. The van der Waals surface area contributed by atoms with Gasteiger partial charge < -0.3 is 48.7 Å². The third-order valence-corrected chi connectivity index (χ3v) is 6.69. The number of hydrogen-bond acceptors (Lipinski definition) is 9. The number of carboxylic acids is 2. The number of carbonyl (C=O) groups excluding carboxylic acids is 5. The number of rotatable bonds is 21. The van der Waals surface area contributed by atoms with Gasteiger partial charge in [-0.2, -0.15) is 0 Å². The van der Waals surface area contributed by atoms with Gasteiger partial charge in [-0.1, -0.05) is 34.1 Å². The largest absolute Gasteiger partial charge is 0.481 e. The molecule has 16 heteroatoms. The molecule has 0 saturated carbocycles. The van der Waals surface area contributed by atoms with Crippen molar-refractivity contribution in [3.8, 4) is 0 Å². The molecular weight excluding hydrogens is 554 g/mol. The number of carbonyl (C=O) groups is 7. The van der Waals surface area contributed by atoms with Crippen LogP contribution < -0.4 is 38.5 Å². The predicted molar refractivity (Wildman–Crippen MR) is 151 cm³/mol. The number of primary amides is 1. The maximum absolute atomic E-state index is 13.3. The second-order valence-electron chi connectivity index (χ2n) is 10.6. The van der Waals surface area contributed by atoms with Crippen LogP contribution in [0.15, 0.2) is 0 Å². The average molecular weight is 602 g/mol. The fourth-order valence-corrected chi connectivity index (χ4v) is 3.79. The number of nitrogens with two attached hydrogens (primary N) is 3. The summed E-state index contributed by atoms with van der Waals surface area (Å²) < 4.78 is 0. The molecule has 0 aromatic carbocycles. The van der Waals surface area contributed by atoms with E-state index in [0.29, 0.717) is 25.8 Å². The van der Waals surface area contributed by atoms with E-state index in [-0.39, 0.29) is 31.1 Å². The quantitative estimate of drug-likeness (QED) is 0.0643. The van der Waals surface area contributed by atoms with Gasteiger partial charge in [-0.25, -0.2) is 4.79 Å². The van der Waals surface area contributed by atoms with E-state index in [9.17, 15) is 38.7 Å². The molecule has 0 unspecified atom stereocenters. The Balaban J connectivity index is 5.94. The van der Waals surface area contributed by atoms with E-state index in [2.05, 4.69) is 16.0 Å². The highest BCUT2D eigenvalue weighted by Crippen LogP contribution is 2.10. The van der Waals surface area contributed by atoms with Crippen molar-refractivity contribution >= 4 is 41.5 Å². The van der Waals surface area contributed by atoms with Crippen molar-refractivity contribution in [2.45, 2.75) is 103 Å². The lowest BCUT2D eigenvalue weighted by atomic mass is 9.97. The Morgan fingerprint density at radius 1 is 0.738 bits per heavy atom. The normalized spacial score (nSPS) is 15.3. The van der Waals surface area contributed by atoms with E-state index in [1.165, 1.54) is 0 Å². The molecular formula is C26H47N7O9. The Labute approximate surface area is 245 Å². The SMILES string of the molecule is CC[C@H](C)[C@H](N)C(=O)N[C@H](C(=O)N[C@@H](CCCCN)C(=O)N[C@@H](CCC(N)=O)C(=O)N[C@@H](CC(=O)O)C(=O)O)C(C)C. The molecule has 0 rings (SSSR count). The van der Waals surface area contributed by atoms with Gasteiger partial charge in [0, 0.05) is 6.42 Å². The van der Waals surface area contributed by atoms with Crippen LogP contribution in [0.1, 0.15) is 72.6 Å². The van der Waals surface area contributed by atoms with Crippen molar-refractivity contribution in [1.82, 2.24) is 21.3 Å². The van der Waals surface area contributed by atoms with Crippen LogP contribution in [0.4, 0.5) is 0 Å². The summed E-state index contributed by atoms with van der Waals surface area (Å²) in [5, 5.41) is 27.9. The van der Waals surface area contributed by atoms with Gasteiger partial charge in [0.1, 0.15) is 24.2 Å². The van der Waals surface area contributed by atoms with Crippen molar-refractivity contribution in [3.05, 3.63) is 0 Å². The Hall–Kier alpha value is -3.79. The molecule has 0 aliphatic heterocycles. The summed E-state index contributed by atoms with van der Waals surface area (Å²) in [6, 6.07) is -6.39. The zero-order valence-corrected chi connectivity index (χ0v) is 24.7. The smallest absolute Gasteiger partial charge is 0.326 e. The van der Waals surface area contributed by atoms with Crippen LogP contribution in [0.3, 0.4) is 0 Å². The third-order valence-electron chi connectivity index (χ3n) is 6.69. The molecule has 0 bridgehead atoms. The number of aliphatic carboxylic acids is 2. The topological polar surface area (TPSA) is 286 Å². The Morgan fingerprint density at radius 3 is 1.71 bits per heavy atom. The number of carboxylic acid groups (broad SMARTS) is 2. The van der Waals surface area contributed by atoms with Gasteiger partial charge >= 0.3 is 11.9 Å². The maximum Gasteiger partial charge on any atom is 0.326 e. The summed E-state index contributed by atoms with van der Waals surface area (Å²) >= 11 is 0. The first-order chi connectivity index (χ1) is 19.5. The van der Waals surface area contributed by atoms with E-state index < -0.39 is 78.1 Å². The van der Waals surface area contributed by atoms with Crippen molar-refractivity contribution in [2.24, 2.45) is 29.0 Å². The second-order valence-corrected chi connectivity index (χ2v) is 10.6. The molecule has 0 fully saturated rings. The van der Waals surface area contributed by atoms with Crippen LogP contribution in [0.25, 0.3) is 0 Å². The number of hydrogen-bond donors (Lipinski definition) is 9. The van der Waals surface area contributed by atoms with Gasteiger partial charge in [-0.05, 0) is 44.1 Å². The Morgan fingerprint density at radius 2 is 1.26 bits per heavy atom. The summed E-state index contributed by atoms with van der Waals surface area (Å²) in [5.74, 6) is -7.53. The zero-order chi connectivity index (χ0) is 32.6. The van der Waals surface area contributed by atoms with Crippen LogP contribution in [0.5, 0.6) is 0 Å². The summed E-state index contributed by atoms with van der Waals surface area (Å²) in [6.07, 6.45) is 0.0356. The molecule has 42 heavy (non-hydrogen) atoms. The number of unbranched alkanes of at least 4 members (excludes halogenated alkanes) is 1. The monoisotopic (exact) mass is 601 g/mol. The van der Waals surface area contributed by atoms with Gasteiger partial charge in [-0.15, -0.1) is 0 Å². The molecule has 0 heterocycles. The van der Waals surface area contributed by atoms with Gasteiger partial charge in [0.2, 0.25) is 29.5 Å². The molecule has 6 atom stereocenters. The molecule has 0 aromatic heterocycles. The van der Waals surface area contributed by atoms with Crippen LogP contribution in [-0.4, -0.2) is 88.4 Å². The zero-order valence-electron chi connectivity index (χ0n) is 24.7. The molecule has 0 aliphatic carbocycles. The minimum Gasteiger partial charge on any atom is -0.481 e. The van der Waals surface area contributed by atoms with Gasteiger partial charge in [0.25, 0.3) is 0 Å². The van der Waals surface area contributed by atoms with Gasteiger partial charge in [0.15, 0.2) is 0 Å². The minimum absolute atomic E-state index is 0.0981. The lowest BCUT2D eigenvalue weighted by Crippen LogP contribution is -2.59. The first kappa shape index (κ1) is 38.2. The highest BCUT2D eigenvalue weighted by atomic mass is 16.4. The van der Waals surface area contributed by atoms with E-state index in [1.807, 2.05) is 12.2 Å². The van der Waals surface area contributed by atoms with Crippen molar-refractivity contribution < 1.29 is 43.8 Å². The summed E-state index contributed by atoms with van der Waals surface area (Å²) in [4.78, 5) is 85.9. The highest BCUT2D eigenvalue weighted by molar-refractivity contribution is 5.96. The molecule has 240 valence electrons. The molecule has 5 amide bonds. The maximum atomic E-state index is 13.3. The van der Waals surface area contributed by atoms with E-state index in [1.54, 1.807) is 20.8 Å². The van der Waals surface area contributed by atoms with Crippen LogP contribution >= 0.6 is 0 Å². The fraction of sp³-hybridized carbons (Fsp3) is 0.731. The molecule has 12 N–H and O–H groups in total. The fourth-order valence-electron chi connectivity index (χ4n) is 3.79. The summed E-state index contributed by atoms with van der Waals surface area (Å²) in [5.41, 5.74) is 16.7. The molecule has 0 spiro atoms. The highest BCUT2D eigenvalue weighted by Gasteiger charge is 2.33. The van der Waals surface area contributed by atoms with Crippen LogP contribution in [0, 0.1) is 11.8 Å². The first-order valence-corrected chi connectivity index (χ1v) is 14.0. The van der Waals surface area contributed by atoms with Crippen LogP contribution in [-0.2, 0) is 33.6 Å². The molecule has 16 nitrogen and oxygen atoms in total. The van der Waals surface area contributed by atoms with Crippen molar-refractivity contribution in [1.29, 1.82) is 0 Å². The third kappa shape index (κ3) is 14.2. The van der Waals surface area contributed by atoms with Gasteiger partial charge in [0.05, 0.1) is 12.5 Å². The molecule has 0 radical (unpaired) electrons. The Kier molecular flexibility index (Phi) is 17.6. The number of amides is 5. The van der Waals surface area contributed by atoms with E-state index in [4.69, 9.17) is 22.3 Å². The van der Waals surface area contributed by atoms with E-state index in [0.717, 1.165) is 0 Å². The van der Waals surface area contributed by atoms with Crippen molar-refractivity contribution in [2.75, 3.05) is 6.54 Å². The van der Waals surface area contributed by atoms with E-state index >= 15 is 0 Å². The van der Waals surface area contributed by atoms with Crippen molar-refractivity contribution in [3.63, 3.8) is 0 Å². The van der Waals surface area contributed by atoms with Gasteiger partial charge in [-0.3, -0.25) is 28.8 Å². The standard InChI is InChI=1S/C26H47N7O9/c1-5-14(4)20(29)24(39)33-21(13(2)3)25(40)31-15(8-6-7-11-27)22(37)30-16(9-10-18(28)34)23(38)32-17(26(41)42)12-19(35)36/h13-17,20-21H,5-12,27,29H2,1-4H3,(H2,28,34)(H,30,37)(H,31,40)(H,32,38)(H,33,39)(H,35,36)(H,41,42)/t14-,15-,16-,17-,20-,21-/m0/s1. The predicted octanol–water partition coefficient (Wildman–Crippen LogP) is -2.09. The molecule has 0 saturated heterocycles. The minimum atomic E-state index is -1.81. The lowest BCUT2D eigenvalue weighted by Gasteiger charge is -2.28. The second kappa shape index (κ2) is 19.4. The molecule has 0 aromatic rings. The summed E-state index contributed by atoms with van der Waals surface area (Å²) in [6.45, 7) is 7.38. The summed E-state index contributed by atoms with van der Waals surface area (Å²) in [7, 11) is 0. The first-order valence-electron chi connectivity index (χ1n) is 14.0. The molecule has 0 aliphatic rings.